The van der Waals surface area contributed by atoms with E-state index in [1.165, 1.54) is 0 Å². The van der Waals surface area contributed by atoms with Crippen LogP contribution in [0.4, 0.5) is 0 Å². The first-order valence-electron chi connectivity index (χ1n) is 13.3. The molecule has 2 aliphatic rings. The van der Waals surface area contributed by atoms with Crippen molar-refractivity contribution in [3.63, 3.8) is 0 Å². The molecule has 5 rings (SSSR count). The number of carbonyl (C=O) groups excluding carboxylic acids is 1. The summed E-state index contributed by atoms with van der Waals surface area (Å²) in [6.45, 7) is 12.4. The number of nitrogens with one attached hydrogen (secondary N) is 2. The molecule has 1 amide bonds. The van der Waals surface area contributed by atoms with E-state index in [9.17, 15) is 9.59 Å². The molecule has 2 aromatic heterocycles. The maximum atomic E-state index is 13.5. The van der Waals surface area contributed by atoms with Gasteiger partial charge in [0.2, 0.25) is 0 Å². The predicted molar refractivity (Wildman–Crippen MR) is 143 cm³/mol. The van der Waals surface area contributed by atoms with Gasteiger partial charge in [0.15, 0.2) is 0 Å². The van der Waals surface area contributed by atoms with Crippen molar-refractivity contribution in [1.29, 1.82) is 0 Å². The van der Waals surface area contributed by atoms with E-state index in [-0.39, 0.29) is 18.0 Å². The van der Waals surface area contributed by atoms with Crippen LogP contribution in [0.3, 0.4) is 0 Å². The number of likely N-dealkylation sites (tertiary alicyclic amines) is 1. The Hall–Kier alpha value is -2.90. The molecule has 4 heterocycles. The van der Waals surface area contributed by atoms with Gasteiger partial charge in [-0.25, -0.2) is 0 Å². The average Bonchev–Trinajstić information content (AvgIpc) is 3.13. The highest BCUT2D eigenvalue weighted by molar-refractivity contribution is 6.08. The Morgan fingerprint density at radius 2 is 1.92 bits per heavy atom. The summed E-state index contributed by atoms with van der Waals surface area (Å²) in [7, 11) is 0. The molecule has 2 fully saturated rings. The van der Waals surface area contributed by atoms with Crippen LogP contribution >= 0.6 is 0 Å². The topological polar surface area (TPSA) is 79.4 Å². The van der Waals surface area contributed by atoms with Crippen molar-refractivity contribution >= 4 is 16.8 Å². The van der Waals surface area contributed by atoms with E-state index in [0.717, 1.165) is 73.4 Å². The second-order valence-corrected chi connectivity index (χ2v) is 10.5. The number of aromatic nitrogens is 2. The van der Waals surface area contributed by atoms with E-state index in [1.807, 2.05) is 38.1 Å². The first-order valence-corrected chi connectivity index (χ1v) is 13.3. The summed E-state index contributed by atoms with van der Waals surface area (Å²) in [4.78, 5) is 31.6. The fraction of sp³-hybridized carbons (Fsp3) is 0.517. The lowest BCUT2D eigenvalue weighted by atomic mass is 9.89. The third-order valence-corrected chi connectivity index (χ3v) is 8.35. The minimum Gasteiger partial charge on any atom is -0.378 e. The van der Waals surface area contributed by atoms with E-state index in [0.29, 0.717) is 29.1 Å². The summed E-state index contributed by atoms with van der Waals surface area (Å²) in [6, 6.07) is 11.1. The van der Waals surface area contributed by atoms with E-state index in [4.69, 9.17) is 4.74 Å². The van der Waals surface area contributed by atoms with Crippen LogP contribution in [0.5, 0.6) is 0 Å². The lowest BCUT2D eigenvalue weighted by molar-refractivity contribution is -0.0752. The van der Waals surface area contributed by atoms with Gasteiger partial charge in [-0.2, -0.15) is 0 Å². The summed E-state index contributed by atoms with van der Waals surface area (Å²) in [5.74, 6) is 0.433. The van der Waals surface area contributed by atoms with Crippen molar-refractivity contribution < 1.29 is 9.53 Å². The summed E-state index contributed by atoms with van der Waals surface area (Å²) in [6.07, 6.45) is 3.06. The maximum absolute atomic E-state index is 13.5. The lowest BCUT2D eigenvalue weighted by Crippen LogP contribution is -2.52. The number of aryl methyl sites for hydroxylation is 2. The minimum atomic E-state index is -0.128. The molecule has 0 bridgehead atoms. The van der Waals surface area contributed by atoms with Gasteiger partial charge in [0.25, 0.3) is 11.5 Å². The van der Waals surface area contributed by atoms with Crippen molar-refractivity contribution in [3.8, 4) is 0 Å². The molecular weight excluding hydrogens is 452 g/mol. The Morgan fingerprint density at radius 3 is 2.58 bits per heavy atom. The summed E-state index contributed by atoms with van der Waals surface area (Å²) >= 11 is 0. The Kier molecular flexibility index (Phi) is 7.04. The molecule has 7 heteroatoms. The highest BCUT2D eigenvalue weighted by Gasteiger charge is 2.33. The number of H-pyrrole nitrogens is 1. The standard InChI is InChI=1S/C29H38N4O3/c1-5-21-14-18(2)31-28(34)25(21)15-30-29(35)27-20(4)33(26-9-7-6-8-24(26)27)19(3)22-10-12-32(13-11-22)23-16-36-17-23/h6-9,14,19,22-23H,5,10-13,15-17H2,1-4H3,(H,30,35)(H,31,34)/t19-/m0/s1. The van der Waals surface area contributed by atoms with Crippen LogP contribution in [-0.4, -0.2) is 52.7 Å². The van der Waals surface area contributed by atoms with Crippen molar-refractivity contribution in [3.05, 3.63) is 68.8 Å². The Bertz CT molecular complexity index is 1310. The van der Waals surface area contributed by atoms with Crippen LogP contribution in [0.15, 0.2) is 35.1 Å². The number of aromatic amines is 1. The van der Waals surface area contributed by atoms with Crippen LogP contribution in [0, 0.1) is 19.8 Å². The number of para-hydroxylation sites is 1. The van der Waals surface area contributed by atoms with E-state index in [2.05, 4.69) is 39.7 Å². The molecule has 0 spiro atoms. The third-order valence-electron chi connectivity index (χ3n) is 8.35. The molecule has 0 aliphatic carbocycles. The number of nitrogens with zero attached hydrogens (tertiary/aromatic N) is 2. The molecule has 7 nitrogen and oxygen atoms in total. The monoisotopic (exact) mass is 490 g/mol. The second-order valence-electron chi connectivity index (χ2n) is 10.5. The van der Waals surface area contributed by atoms with Gasteiger partial charge < -0.3 is 19.6 Å². The van der Waals surface area contributed by atoms with E-state index >= 15 is 0 Å². The fourth-order valence-corrected chi connectivity index (χ4v) is 6.17. The first-order chi connectivity index (χ1) is 17.4. The molecule has 192 valence electrons. The van der Waals surface area contributed by atoms with Crippen molar-refractivity contribution in [2.45, 2.75) is 65.6 Å². The zero-order chi connectivity index (χ0) is 25.4. The zero-order valence-corrected chi connectivity index (χ0v) is 21.9. The van der Waals surface area contributed by atoms with E-state index < -0.39 is 0 Å². The first kappa shape index (κ1) is 24.8. The summed E-state index contributed by atoms with van der Waals surface area (Å²) in [5.41, 5.74) is 5.13. The minimum absolute atomic E-state index is 0.125. The van der Waals surface area contributed by atoms with Gasteiger partial charge in [0.05, 0.1) is 24.8 Å². The largest absolute Gasteiger partial charge is 0.378 e. The number of ether oxygens (including phenoxy) is 1. The summed E-state index contributed by atoms with van der Waals surface area (Å²) in [5, 5.41) is 4.02. The van der Waals surface area contributed by atoms with Gasteiger partial charge in [-0.1, -0.05) is 25.1 Å². The Morgan fingerprint density at radius 1 is 1.19 bits per heavy atom. The molecule has 3 aromatic rings. The Labute approximate surface area is 212 Å². The molecule has 1 aromatic carbocycles. The van der Waals surface area contributed by atoms with Crippen molar-refractivity contribution in [2.24, 2.45) is 5.92 Å². The van der Waals surface area contributed by atoms with Gasteiger partial charge in [-0.3, -0.25) is 14.5 Å². The number of hydrogen-bond acceptors (Lipinski definition) is 4. The van der Waals surface area contributed by atoms with Gasteiger partial charge in [-0.05, 0) is 76.7 Å². The zero-order valence-electron chi connectivity index (χ0n) is 21.9. The highest BCUT2D eigenvalue weighted by atomic mass is 16.5. The van der Waals surface area contributed by atoms with Crippen LogP contribution in [0.1, 0.15) is 65.6 Å². The quantitative estimate of drug-likeness (QED) is 0.522. The number of rotatable bonds is 7. The molecule has 0 saturated carbocycles. The van der Waals surface area contributed by atoms with E-state index in [1.54, 1.807) is 0 Å². The number of hydrogen-bond donors (Lipinski definition) is 2. The van der Waals surface area contributed by atoms with Gasteiger partial charge in [0, 0.05) is 40.4 Å². The molecule has 0 unspecified atom stereocenters. The van der Waals surface area contributed by atoms with Crippen LogP contribution in [0.2, 0.25) is 0 Å². The van der Waals surface area contributed by atoms with Crippen molar-refractivity contribution in [1.82, 2.24) is 19.8 Å². The van der Waals surface area contributed by atoms with Crippen LogP contribution in [0.25, 0.3) is 10.9 Å². The number of pyridine rings is 1. The molecule has 2 aliphatic heterocycles. The third kappa shape index (κ3) is 4.50. The molecule has 2 N–H and O–H groups in total. The van der Waals surface area contributed by atoms with Gasteiger partial charge in [0.1, 0.15) is 0 Å². The molecule has 1 atom stereocenters. The highest BCUT2D eigenvalue weighted by Crippen LogP contribution is 2.36. The number of piperidine rings is 1. The fourth-order valence-electron chi connectivity index (χ4n) is 6.17. The number of amides is 1. The molecule has 0 radical (unpaired) electrons. The summed E-state index contributed by atoms with van der Waals surface area (Å²) < 4.78 is 7.76. The lowest BCUT2D eigenvalue weighted by Gasteiger charge is -2.43. The van der Waals surface area contributed by atoms with Gasteiger partial charge in [-0.15, -0.1) is 0 Å². The maximum Gasteiger partial charge on any atom is 0.254 e. The molecule has 2 saturated heterocycles. The second kappa shape index (κ2) is 10.2. The number of benzene rings is 1. The number of carbonyl (C=O) groups is 1. The molecular formula is C29H38N4O3. The van der Waals surface area contributed by atoms with Crippen LogP contribution in [-0.2, 0) is 17.7 Å². The Balaban J connectivity index is 1.39. The smallest absolute Gasteiger partial charge is 0.254 e. The number of fused-ring (bicyclic) bond motifs is 1. The normalized spacial score (nSPS) is 18.3. The van der Waals surface area contributed by atoms with Crippen molar-refractivity contribution in [2.75, 3.05) is 26.3 Å². The SMILES string of the molecule is CCc1cc(C)[nH]c(=O)c1CNC(=O)c1c(C)n([C@@H](C)C2CCN(C3COC3)CC2)c2ccccc12. The molecule has 36 heavy (non-hydrogen) atoms. The average molecular weight is 491 g/mol. The van der Waals surface area contributed by atoms with Gasteiger partial charge >= 0.3 is 0 Å². The van der Waals surface area contributed by atoms with Crippen LogP contribution < -0.4 is 10.9 Å². The predicted octanol–water partition coefficient (Wildman–Crippen LogP) is 4.11.